The van der Waals surface area contributed by atoms with Crippen LogP contribution >= 0.6 is 0 Å². The number of carbonyl (C=O) groups excluding carboxylic acids is 1. The zero-order valence-corrected chi connectivity index (χ0v) is 15.4. The fourth-order valence-corrected chi connectivity index (χ4v) is 3.84. The summed E-state index contributed by atoms with van der Waals surface area (Å²) in [5.41, 5.74) is 1.13. The highest BCUT2D eigenvalue weighted by Crippen LogP contribution is 2.19. The number of carbonyl (C=O) groups is 1. The Morgan fingerprint density at radius 2 is 2.00 bits per heavy atom. The summed E-state index contributed by atoms with van der Waals surface area (Å²) in [5, 5.41) is 3.57. The van der Waals surface area contributed by atoms with E-state index in [-0.39, 0.29) is 12.5 Å². The maximum absolute atomic E-state index is 12.2. The summed E-state index contributed by atoms with van der Waals surface area (Å²) in [4.78, 5) is 16.5. The van der Waals surface area contributed by atoms with Crippen LogP contribution in [0.5, 0.6) is 5.75 Å². The summed E-state index contributed by atoms with van der Waals surface area (Å²) in [6.07, 6.45) is 4.83. The van der Waals surface area contributed by atoms with E-state index in [0.29, 0.717) is 0 Å². The second-order valence-corrected chi connectivity index (χ2v) is 7.39. The van der Waals surface area contributed by atoms with Crippen molar-refractivity contribution in [3.63, 3.8) is 0 Å². The highest BCUT2D eigenvalue weighted by Gasteiger charge is 2.19. The smallest absolute Gasteiger partial charge is 0.260 e. The van der Waals surface area contributed by atoms with Gasteiger partial charge in [0, 0.05) is 31.7 Å². The molecule has 1 amide bonds. The van der Waals surface area contributed by atoms with E-state index in [0.717, 1.165) is 56.3 Å². The van der Waals surface area contributed by atoms with Gasteiger partial charge in [-0.2, -0.15) is 0 Å². The molecule has 0 spiro atoms. The molecule has 0 saturated carbocycles. The number of piperidine rings is 1. The SMILES string of the molecule is CN1CCCC(CNCc2ccccc2OCC(=O)N2CCCC2)C1. The number of nitrogens with one attached hydrogen (secondary N) is 1. The monoisotopic (exact) mass is 345 g/mol. The van der Waals surface area contributed by atoms with Crippen molar-refractivity contribution < 1.29 is 9.53 Å². The van der Waals surface area contributed by atoms with Crippen molar-refractivity contribution in [3.05, 3.63) is 29.8 Å². The summed E-state index contributed by atoms with van der Waals surface area (Å²) in [5.74, 6) is 1.65. The van der Waals surface area contributed by atoms with E-state index in [1.807, 2.05) is 23.1 Å². The molecule has 1 aromatic rings. The standard InChI is InChI=1S/C20H31N3O2/c1-22-10-6-7-17(15-22)13-21-14-18-8-2-3-9-19(18)25-16-20(24)23-11-4-5-12-23/h2-3,8-9,17,21H,4-7,10-16H2,1H3. The fraction of sp³-hybridized carbons (Fsp3) is 0.650. The molecular formula is C20H31N3O2. The number of rotatable bonds is 7. The minimum atomic E-state index is 0.102. The van der Waals surface area contributed by atoms with Crippen LogP contribution in [0, 0.1) is 5.92 Å². The van der Waals surface area contributed by atoms with Crippen LogP contribution in [0.1, 0.15) is 31.2 Å². The van der Waals surface area contributed by atoms with E-state index in [4.69, 9.17) is 4.74 Å². The summed E-state index contributed by atoms with van der Waals surface area (Å²) in [7, 11) is 2.20. The third-order valence-electron chi connectivity index (χ3n) is 5.25. The highest BCUT2D eigenvalue weighted by molar-refractivity contribution is 5.78. The van der Waals surface area contributed by atoms with Crippen molar-refractivity contribution in [2.45, 2.75) is 32.2 Å². The Hall–Kier alpha value is -1.59. The first-order chi connectivity index (χ1) is 12.2. The molecule has 25 heavy (non-hydrogen) atoms. The van der Waals surface area contributed by atoms with Crippen LogP contribution in [0.15, 0.2) is 24.3 Å². The first-order valence-corrected chi connectivity index (χ1v) is 9.60. The maximum atomic E-state index is 12.2. The third kappa shape index (κ3) is 5.44. The third-order valence-corrected chi connectivity index (χ3v) is 5.25. The lowest BCUT2D eigenvalue weighted by atomic mass is 9.98. The molecule has 1 aromatic carbocycles. The number of ether oxygens (including phenoxy) is 1. The molecule has 5 heteroatoms. The first kappa shape index (κ1) is 18.2. The van der Waals surface area contributed by atoms with Gasteiger partial charge in [-0.3, -0.25) is 4.79 Å². The molecule has 2 heterocycles. The zero-order valence-electron chi connectivity index (χ0n) is 15.4. The molecule has 0 aliphatic carbocycles. The number of hydrogen-bond acceptors (Lipinski definition) is 4. The maximum Gasteiger partial charge on any atom is 0.260 e. The van der Waals surface area contributed by atoms with E-state index < -0.39 is 0 Å². The number of nitrogens with zero attached hydrogens (tertiary/aromatic N) is 2. The fourth-order valence-electron chi connectivity index (χ4n) is 3.84. The summed E-state index contributed by atoms with van der Waals surface area (Å²) in [6.45, 7) is 6.11. The van der Waals surface area contributed by atoms with Gasteiger partial charge in [0.05, 0.1) is 0 Å². The molecule has 0 aromatic heterocycles. The van der Waals surface area contributed by atoms with Gasteiger partial charge in [0.15, 0.2) is 6.61 Å². The van der Waals surface area contributed by atoms with Gasteiger partial charge in [0.2, 0.25) is 0 Å². The summed E-state index contributed by atoms with van der Waals surface area (Å²) < 4.78 is 5.83. The van der Waals surface area contributed by atoms with Crippen LogP contribution < -0.4 is 10.1 Å². The molecule has 1 N–H and O–H groups in total. The van der Waals surface area contributed by atoms with Crippen molar-refractivity contribution in [2.24, 2.45) is 5.92 Å². The van der Waals surface area contributed by atoms with Crippen molar-refractivity contribution in [2.75, 3.05) is 46.4 Å². The predicted octanol–water partition coefficient (Wildman–Crippen LogP) is 2.12. The summed E-state index contributed by atoms with van der Waals surface area (Å²) in [6, 6.07) is 8.04. The van der Waals surface area contributed by atoms with Crippen molar-refractivity contribution in [1.29, 1.82) is 0 Å². The molecule has 2 aliphatic rings. The zero-order chi connectivity index (χ0) is 17.5. The van der Waals surface area contributed by atoms with Crippen molar-refractivity contribution in [3.8, 4) is 5.75 Å². The Bertz CT molecular complexity index is 558. The molecule has 2 aliphatic heterocycles. The van der Waals surface area contributed by atoms with E-state index in [1.54, 1.807) is 0 Å². The normalized spacial score (nSPS) is 21.5. The molecule has 0 bridgehead atoms. The molecule has 2 saturated heterocycles. The number of benzene rings is 1. The second kappa shape index (κ2) is 9.20. The first-order valence-electron chi connectivity index (χ1n) is 9.60. The van der Waals surface area contributed by atoms with E-state index >= 15 is 0 Å². The Kier molecular flexibility index (Phi) is 6.70. The largest absolute Gasteiger partial charge is 0.483 e. The second-order valence-electron chi connectivity index (χ2n) is 7.39. The molecule has 1 atom stereocenters. The Morgan fingerprint density at radius 1 is 1.20 bits per heavy atom. The van der Waals surface area contributed by atoms with Gasteiger partial charge in [0.1, 0.15) is 5.75 Å². The molecule has 3 rings (SSSR count). The Morgan fingerprint density at radius 3 is 2.80 bits per heavy atom. The number of likely N-dealkylation sites (tertiary alicyclic amines) is 2. The van der Waals surface area contributed by atoms with E-state index in [1.165, 1.54) is 25.9 Å². The molecule has 138 valence electrons. The lowest BCUT2D eigenvalue weighted by Gasteiger charge is -2.29. The molecule has 1 unspecified atom stereocenters. The van der Waals surface area contributed by atoms with Gasteiger partial charge in [-0.25, -0.2) is 0 Å². The number of para-hydroxylation sites is 1. The van der Waals surface area contributed by atoms with Crippen molar-refractivity contribution >= 4 is 5.91 Å². The number of hydrogen-bond donors (Lipinski definition) is 1. The van der Waals surface area contributed by atoms with E-state index in [2.05, 4.69) is 23.3 Å². The molecule has 2 fully saturated rings. The van der Waals surface area contributed by atoms with Crippen molar-refractivity contribution in [1.82, 2.24) is 15.1 Å². The lowest BCUT2D eigenvalue weighted by Crippen LogP contribution is -2.37. The number of amides is 1. The average molecular weight is 345 g/mol. The van der Waals surface area contributed by atoms with Crippen LogP contribution in [0.3, 0.4) is 0 Å². The average Bonchev–Trinajstić information content (AvgIpc) is 3.15. The molecule has 5 nitrogen and oxygen atoms in total. The highest BCUT2D eigenvalue weighted by atomic mass is 16.5. The molecular weight excluding hydrogens is 314 g/mol. The molecule has 0 radical (unpaired) electrons. The van der Waals surface area contributed by atoms with Crippen LogP contribution in [0.25, 0.3) is 0 Å². The van der Waals surface area contributed by atoms with Gasteiger partial charge in [-0.1, -0.05) is 18.2 Å². The van der Waals surface area contributed by atoms with Gasteiger partial charge in [0.25, 0.3) is 5.91 Å². The van der Waals surface area contributed by atoms with Crippen LogP contribution in [0.2, 0.25) is 0 Å². The van der Waals surface area contributed by atoms with Gasteiger partial charge >= 0.3 is 0 Å². The summed E-state index contributed by atoms with van der Waals surface area (Å²) >= 11 is 0. The predicted molar refractivity (Wildman–Crippen MR) is 99.7 cm³/mol. The van der Waals surface area contributed by atoms with Crippen LogP contribution in [0.4, 0.5) is 0 Å². The minimum Gasteiger partial charge on any atom is -0.483 e. The van der Waals surface area contributed by atoms with Gasteiger partial charge in [-0.05, 0) is 57.8 Å². The Balaban J connectivity index is 1.46. The van der Waals surface area contributed by atoms with Gasteiger partial charge < -0.3 is 19.9 Å². The topological polar surface area (TPSA) is 44.8 Å². The van der Waals surface area contributed by atoms with Gasteiger partial charge in [-0.15, -0.1) is 0 Å². The van der Waals surface area contributed by atoms with Crippen LogP contribution in [-0.4, -0.2) is 62.1 Å². The Labute approximate surface area is 151 Å². The quantitative estimate of drug-likeness (QED) is 0.822. The lowest BCUT2D eigenvalue weighted by molar-refractivity contribution is -0.132. The minimum absolute atomic E-state index is 0.102. The van der Waals surface area contributed by atoms with Crippen LogP contribution in [-0.2, 0) is 11.3 Å². The van der Waals surface area contributed by atoms with E-state index in [9.17, 15) is 4.79 Å².